The zero-order valence-corrected chi connectivity index (χ0v) is 27.0. The number of ether oxygens (including phenoxy) is 3. The molecule has 5 aromatic rings. The van der Waals surface area contributed by atoms with Gasteiger partial charge < -0.3 is 60.8 Å². The molecule has 7 heterocycles. The molecule has 5 aromatic heterocycles. The Morgan fingerprint density at radius 2 is 1.32 bits per heavy atom. The lowest BCUT2D eigenvalue weighted by molar-refractivity contribution is -0.167. The van der Waals surface area contributed by atoms with Gasteiger partial charge in [0.2, 0.25) is 0 Å². The first-order valence-electron chi connectivity index (χ1n) is 14.2. The lowest BCUT2D eigenvalue weighted by atomic mass is 10.1. The van der Waals surface area contributed by atoms with Crippen LogP contribution in [0.4, 0.5) is 11.6 Å². The summed E-state index contributed by atoms with van der Waals surface area (Å²) in [5.41, 5.74) is 12.6. The maximum atomic E-state index is 12.2. The largest absolute Gasteiger partial charge is 0.437 e. The molecule has 11 N–H and O–H groups in total. The Balaban J connectivity index is 0.000000175. The fourth-order valence-corrected chi connectivity index (χ4v) is 6.25. The maximum Gasteiger partial charge on any atom is 0.437 e. The highest BCUT2D eigenvalue weighted by Crippen LogP contribution is 2.44. The molecule has 2 aliphatic rings. The van der Waals surface area contributed by atoms with Gasteiger partial charge >= 0.3 is 15.3 Å². The van der Waals surface area contributed by atoms with Crippen molar-refractivity contribution in [2.75, 3.05) is 24.4 Å². The van der Waals surface area contributed by atoms with Gasteiger partial charge in [0.25, 0.3) is 0 Å². The summed E-state index contributed by atoms with van der Waals surface area (Å²) in [5, 5.41) is 40.6. The number of rotatable bonds is 9. The topological polar surface area (TPSA) is 370 Å². The summed E-state index contributed by atoms with van der Waals surface area (Å²) in [5.74, 6) is 0.296. The molecule has 270 valence electrons. The molecule has 2 saturated heterocycles. The number of nitrogens with zero attached hydrogens (tertiary/aromatic N) is 10. The molecule has 0 radical (unpaired) electrons. The summed E-state index contributed by atoms with van der Waals surface area (Å²) in [6, 6.07) is 0. The van der Waals surface area contributed by atoms with Crippen molar-refractivity contribution >= 4 is 49.3 Å². The zero-order valence-electron chi connectivity index (χ0n) is 25.2. The van der Waals surface area contributed by atoms with Gasteiger partial charge in [0.1, 0.15) is 60.5 Å². The minimum Gasteiger partial charge on any atom is -0.387 e. The summed E-state index contributed by atoms with van der Waals surface area (Å²) < 4.78 is 47.4. The van der Waals surface area contributed by atoms with Crippen LogP contribution < -0.4 is 11.5 Å². The number of hydrogen-bond donors (Lipinski definition) is 9. The Labute approximate surface area is 278 Å². The SMILES string of the molecule is Nc1ncnc2c1ncn2[C@@H]1O[C@H](COP(=O)(O)n2ccnc2)[C@@H](O)[C@H]1O.Nc1ncnc2c1ncn2[C@@H]1O[C@H](OCP(=O)(O)O)[C@@H](O)[C@H]1O. The summed E-state index contributed by atoms with van der Waals surface area (Å²) in [6.07, 6.45) is -2.44. The van der Waals surface area contributed by atoms with Crippen LogP contribution in [0.1, 0.15) is 12.5 Å². The third-order valence-corrected chi connectivity index (χ3v) is 9.24. The van der Waals surface area contributed by atoms with Crippen molar-refractivity contribution in [1.29, 1.82) is 0 Å². The van der Waals surface area contributed by atoms with E-state index < -0.39 is 77.6 Å². The van der Waals surface area contributed by atoms with E-state index in [1.54, 1.807) is 0 Å². The van der Waals surface area contributed by atoms with Gasteiger partial charge in [0.05, 0.1) is 19.3 Å². The number of aliphatic hydroxyl groups is 4. The third kappa shape index (κ3) is 7.08. The quantitative estimate of drug-likeness (QED) is 0.0680. The Kier molecular flexibility index (Phi) is 9.95. The minimum atomic E-state index is -4.44. The smallest absolute Gasteiger partial charge is 0.387 e. The van der Waals surface area contributed by atoms with E-state index in [-0.39, 0.29) is 22.8 Å². The highest BCUT2D eigenvalue weighted by molar-refractivity contribution is 7.51. The molecular formula is C23H30N12O13P2. The Morgan fingerprint density at radius 3 is 1.86 bits per heavy atom. The molecule has 0 bridgehead atoms. The van der Waals surface area contributed by atoms with Crippen LogP contribution in [0, 0.1) is 0 Å². The molecule has 7 rings (SSSR count). The molecule has 0 aromatic carbocycles. The van der Waals surface area contributed by atoms with Crippen LogP contribution in [0.5, 0.6) is 0 Å². The Hall–Kier alpha value is -4.07. The van der Waals surface area contributed by atoms with E-state index in [9.17, 15) is 34.4 Å². The number of anilines is 2. The van der Waals surface area contributed by atoms with E-state index in [0.29, 0.717) is 11.2 Å². The zero-order chi connectivity index (χ0) is 36.0. The van der Waals surface area contributed by atoms with Crippen molar-refractivity contribution in [3.63, 3.8) is 0 Å². The second-order valence-corrected chi connectivity index (χ2v) is 14.1. The number of imidazole rings is 3. The van der Waals surface area contributed by atoms with E-state index in [1.807, 2.05) is 0 Å². The molecule has 2 fully saturated rings. The van der Waals surface area contributed by atoms with E-state index in [1.165, 1.54) is 46.8 Å². The van der Waals surface area contributed by atoms with Crippen molar-refractivity contribution in [3.8, 4) is 0 Å². The molecule has 2 aliphatic heterocycles. The van der Waals surface area contributed by atoms with Crippen molar-refractivity contribution < 1.29 is 63.0 Å². The van der Waals surface area contributed by atoms with E-state index in [0.717, 1.165) is 10.7 Å². The number of hydrogen-bond acceptors (Lipinski definition) is 19. The van der Waals surface area contributed by atoms with Crippen molar-refractivity contribution in [2.24, 2.45) is 0 Å². The lowest BCUT2D eigenvalue weighted by Crippen LogP contribution is -2.33. The fourth-order valence-electron chi connectivity index (χ4n) is 5.01. The molecular weight excluding hydrogens is 714 g/mol. The van der Waals surface area contributed by atoms with Crippen LogP contribution >= 0.6 is 15.3 Å². The van der Waals surface area contributed by atoms with Crippen LogP contribution in [0.15, 0.2) is 44.0 Å². The first-order valence-corrected chi connectivity index (χ1v) is 17.5. The fraction of sp³-hybridized carbons (Fsp3) is 0.435. The van der Waals surface area contributed by atoms with Gasteiger partial charge in [0, 0.05) is 12.4 Å². The van der Waals surface area contributed by atoms with Crippen LogP contribution in [0.25, 0.3) is 22.3 Å². The first kappa shape index (κ1) is 35.7. The highest BCUT2D eigenvalue weighted by atomic mass is 31.2. The summed E-state index contributed by atoms with van der Waals surface area (Å²) >= 11 is 0. The lowest BCUT2D eigenvalue weighted by Gasteiger charge is -2.18. The predicted octanol–water partition coefficient (Wildman–Crippen LogP) is -2.97. The van der Waals surface area contributed by atoms with E-state index in [4.69, 9.17) is 40.0 Å². The molecule has 0 amide bonds. The third-order valence-electron chi connectivity index (χ3n) is 7.45. The molecule has 0 saturated carbocycles. The summed E-state index contributed by atoms with van der Waals surface area (Å²) in [4.78, 5) is 54.9. The van der Waals surface area contributed by atoms with Crippen molar-refractivity contribution in [1.82, 2.24) is 48.4 Å². The summed E-state index contributed by atoms with van der Waals surface area (Å²) in [7, 11) is -8.64. The van der Waals surface area contributed by atoms with Gasteiger partial charge in [-0.3, -0.25) is 18.2 Å². The minimum absolute atomic E-state index is 0.135. The summed E-state index contributed by atoms with van der Waals surface area (Å²) in [6.45, 7) is -0.440. The molecule has 50 heavy (non-hydrogen) atoms. The number of nitrogens with two attached hydrogens (primary N) is 2. The van der Waals surface area contributed by atoms with Crippen molar-refractivity contribution in [3.05, 3.63) is 44.0 Å². The number of aromatic nitrogens is 10. The first-order chi connectivity index (χ1) is 23.7. The van der Waals surface area contributed by atoms with Gasteiger partial charge in [-0.05, 0) is 0 Å². The average molecular weight is 745 g/mol. The Bertz CT molecular complexity index is 2040. The van der Waals surface area contributed by atoms with Gasteiger partial charge in [-0.1, -0.05) is 0 Å². The van der Waals surface area contributed by atoms with E-state index in [2.05, 4.69) is 34.9 Å². The number of fused-ring (bicyclic) bond motifs is 2. The molecule has 9 atom stereocenters. The highest BCUT2D eigenvalue weighted by Gasteiger charge is 2.47. The number of aliphatic hydroxyl groups excluding tert-OH is 4. The van der Waals surface area contributed by atoms with Gasteiger partial charge in [-0.15, -0.1) is 0 Å². The van der Waals surface area contributed by atoms with Crippen LogP contribution in [-0.2, 0) is 27.9 Å². The normalized spacial score (nSPS) is 28.1. The molecule has 0 spiro atoms. The van der Waals surface area contributed by atoms with E-state index >= 15 is 0 Å². The maximum absolute atomic E-state index is 12.2. The van der Waals surface area contributed by atoms with Gasteiger partial charge in [-0.2, -0.15) is 0 Å². The second kappa shape index (κ2) is 13.9. The van der Waals surface area contributed by atoms with Crippen molar-refractivity contribution in [2.45, 2.75) is 49.3 Å². The molecule has 0 aliphatic carbocycles. The second-order valence-electron chi connectivity index (χ2n) is 10.8. The van der Waals surface area contributed by atoms with Crippen LogP contribution in [0.2, 0.25) is 0 Å². The molecule has 1 unspecified atom stereocenters. The van der Waals surface area contributed by atoms with Crippen LogP contribution in [-0.4, -0.2) is 133 Å². The standard InChI is InChI=1S/C13H16N7O6P.C10H14N5O7P/c14-11-8-12(17-4-16-11)20(6-18-8)13-10(22)9(21)7(26-13)3-25-27(23,24)19-2-1-15-5-19;11-7-4-8(13-1-12-7)15(2-14-4)9-5(16)6(17)10(22-9)21-3-23(18,19)20/h1-2,4-7,9-10,13,21-22H,3H2,(H,23,24)(H2,14,16,17);1-2,5-6,9-10,16-17H,3H2,(H2,11,12,13)(H2,18,19,20)/t7-,9-,10-,13-;5-,6+,9-,10+/m11/s1. The predicted molar refractivity (Wildman–Crippen MR) is 163 cm³/mol. The van der Waals surface area contributed by atoms with Gasteiger partial charge in [0.15, 0.2) is 48.0 Å². The Morgan fingerprint density at radius 1 is 0.760 bits per heavy atom. The van der Waals surface area contributed by atoms with Crippen LogP contribution in [0.3, 0.4) is 0 Å². The molecule has 27 heteroatoms. The number of nitrogen functional groups attached to an aromatic ring is 2. The molecule has 25 nitrogen and oxygen atoms in total. The average Bonchev–Trinajstić information content (AvgIpc) is 3.90. The van der Waals surface area contributed by atoms with Gasteiger partial charge in [-0.25, -0.2) is 43.8 Å². The monoisotopic (exact) mass is 744 g/mol.